The van der Waals surface area contributed by atoms with Gasteiger partial charge >= 0.3 is 6.18 Å². The van der Waals surface area contributed by atoms with E-state index in [-0.39, 0.29) is 37.2 Å². The Morgan fingerprint density at radius 1 is 1.03 bits per heavy atom. The van der Waals surface area contributed by atoms with Crippen LogP contribution in [0.25, 0.3) is 5.57 Å². The molecule has 1 unspecified atom stereocenters. The number of piperidine rings is 1. The lowest BCUT2D eigenvalue weighted by Crippen LogP contribution is -2.47. The smallest absolute Gasteiger partial charge is 0.338 e. The molecule has 0 N–H and O–H groups in total. The lowest BCUT2D eigenvalue weighted by Gasteiger charge is -2.36. The Hall–Kier alpha value is -3.09. The lowest BCUT2D eigenvalue weighted by molar-refractivity contribution is -0.143. The fraction of sp³-hybridized carbons (Fsp3) is 0.360. The maximum atomic E-state index is 13.1. The minimum Gasteiger partial charge on any atom is -0.338 e. The third kappa shape index (κ3) is 5.03. The van der Waals surface area contributed by atoms with Gasteiger partial charge in [0.05, 0.1) is 11.5 Å². The maximum Gasteiger partial charge on any atom is 0.416 e. The van der Waals surface area contributed by atoms with E-state index in [0.717, 1.165) is 24.1 Å². The first-order chi connectivity index (χ1) is 15.3. The van der Waals surface area contributed by atoms with E-state index >= 15 is 0 Å². The topological polar surface area (TPSA) is 40.6 Å². The number of hydrogen-bond donors (Lipinski definition) is 0. The number of alkyl halides is 3. The molecule has 0 bridgehead atoms. The van der Waals surface area contributed by atoms with Crippen molar-refractivity contribution in [2.45, 2.75) is 32.0 Å². The van der Waals surface area contributed by atoms with Crippen LogP contribution in [0.4, 0.5) is 13.2 Å². The zero-order valence-corrected chi connectivity index (χ0v) is 17.6. The van der Waals surface area contributed by atoms with E-state index in [1.54, 1.807) is 6.07 Å². The van der Waals surface area contributed by atoms with Crippen molar-refractivity contribution in [2.75, 3.05) is 19.6 Å². The summed E-state index contributed by atoms with van der Waals surface area (Å²) < 4.78 is 39.0. The minimum atomic E-state index is -4.43. The molecule has 0 saturated carbocycles. The fourth-order valence-corrected chi connectivity index (χ4v) is 4.38. The number of carbonyl (C=O) groups is 2. The summed E-state index contributed by atoms with van der Waals surface area (Å²) in [5.74, 6) is -0.448. The average Bonchev–Trinajstić information content (AvgIpc) is 2.80. The van der Waals surface area contributed by atoms with E-state index in [2.05, 4.69) is 18.2 Å². The number of amides is 2. The zero-order chi connectivity index (χ0) is 22.7. The van der Waals surface area contributed by atoms with Crippen molar-refractivity contribution in [1.82, 2.24) is 9.80 Å². The second kappa shape index (κ2) is 9.18. The van der Waals surface area contributed by atoms with Gasteiger partial charge in [-0.15, -0.1) is 0 Å². The lowest BCUT2D eigenvalue weighted by atomic mass is 9.93. The minimum absolute atomic E-state index is 0.00917. The van der Waals surface area contributed by atoms with Crippen LogP contribution in [-0.2, 0) is 22.3 Å². The number of likely N-dealkylation sites (tertiary alicyclic amines) is 1. The molecule has 2 aromatic rings. The number of benzene rings is 2. The highest BCUT2D eigenvalue weighted by molar-refractivity contribution is 5.84. The largest absolute Gasteiger partial charge is 0.416 e. The van der Waals surface area contributed by atoms with Crippen LogP contribution in [0.3, 0.4) is 0 Å². The van der Waals surface area contributed by atoms with Gasteiger partial charge in [0.15, 0.2) is 0 Å². The van der Waals surface area contributed by atoms with Gasteiger partial charge < -0.3 is 9.80 Å². The second-order valence-corrected chi connectivity index (χ2v) is 8.34. The Bertz CT molecular complexity index is 1020. The summed E-state index contributed by atoms with van der Waals surface area (Å²) in [7, 11) is 0. The quantitative estimate of drug-likeness (QED) is 0.685. The SMILES string of the molecule is O=C1CCC(C(=O)N2CC=C(c3ccccc3)CC2)CN1Cc1cccc(C(F)(F)F)c1. The van der Waals surface area contributed by atoms with E-state index in [9.17, 15) is 22.8 Å². The molecule has 2 aliphatic rings. The van der Waals surface area contributed by atoms with Crippen molar-refractivity contribution < 1.29 is 22.8 Å². The highest BCUT2D eigenvalue weighted by Gasteiger charge is 2.34. The molecule has 1 saturated heterocycles. The molecule has 0 radical (unpaired) electrons. The summed E-state index contributed by atoms with van der Waals surface area (Å²) in [6, 6.07) is 15.1. The Kier molecular flexibility index (Phi) is 6.35. The summed E-state index contributed by atoms with van der Waals surface area (Å²) >= 11 is 0. The number of nitrogens with zero attached hydrogens (tertiary/aromatic N) is 2. The first-order valence-corrected chi connectivity index (χ1v) is 10.8. The van der Waals surface area contributed by atoms with E-state index in [4.69, 9.17) is 0 Å². The number of rotatable bonds is 4. The van der Waals surface area contributed by atoms with E-state index in [0.29, 0.717) is 25.1 Å². The number of halogens is 3. The zero-order valence-electron chi connectivity index (χ0n) is 17.6. The van der Waals surface area contributed by atoms with Gasteiger partial charge in [0.2, 0.25) is 11.8 Å². The fourth-order valence-electron chi connectivity index (χ4n) is 4.38. The second-order valence-electron chi connectivity index (χ2n) is 8.34. The van der Waals surface area contributed by atoms with Gasteiger partial charge in [-0.05, 0) is 41.7 Å². The molecule has 4 rings (SSSR count). The molecule has 0 spiro atoms. The van der Waals surface area contributed by atoms with Crippen molar-refractivity contribution in [3.05, 3.63) is 77.4 Å². The molecule has 4 nitrogen and oxygen atoms in total. The van der Waals surface area contributed by atoms with Crippen LogP contribution >= 0.6 is 0 Å². The Balaban J connectivity index is 1.40. The van der Waals surface area contributed by atoms with Crippen molar-refractivity contribution in [3.8, 4) is 0 Å². The predicted molar refractivity (Wildman–Crippen MR) is 115 cm³/mol. The van der Waals surface area contributed by atoms with Gasteiger partial charge in [0.25, 0.3) is 0 Å². The summed E-state index contributed by atoms with van der Waals surface area (Å²) in [4.78, 5) is 28.8. The number of carbonyl (C=O) groups excluding carboxylic acids is 2. The number of hydrogen-bond acceptors (Lipinski definition) is 2. The first-order valence-electron chi connectivity index (χ1n) is 10.8. The van der Waals surface area contributed by atoms with Gasteiger partial charge in [0.1, 0.15) is 0 Å². The predicted octanol–water partition coefficient (Wildman–Crippen LogP) is 4.76. The summed E-state index contributed by atoms with van der Waals surface area (Å²) in [6.45, 7) is 1.46. The molecule has 7 heteroatoms. The van der Waals surface area contributed by atoms with Crippen LogP contribution in [0.5, 0.6) is 0 Å². The Morgan fingerprint density at radius 2 is 1.81 bits per heavy atom. The highest BCUT2D eigenvalue weighted by Crippen LogP contribution is 2.31. The van der Waals surface area contributed by atoms with Crippen LogP contribution in [0.2, 0.25) is 0 Å². The Morgan fingerprint density at radius 3 is 2.50 bits per heavy atom. The molecule has 1 fully saturated rings. The van der Waals surface area contributed by atoms with Gasteiger partial charge in [-0.1, -0.05) is 48.5 Å². The Labute approximate surface area is 185 Å². The van der Waals surface area contributed by atoms with Crippen LogP contribution in [-0.4, -0.2) is 41.2 Å². The molecule has 1 atom stereocenters. The van der Waals surface area contributed by atoms with Gasteiger partial charge in [-0.2, -0.15) is 13.2 Å². The van der Waals surface area contributed by atoms with Gasteiger partial charge in [-0.3, -0.25) is 9.59 Å². The molecule has 2 heterocycles. The van der Waals surface area contributed by atoms with Gasteiger partial charge in [-0.25, -0.2) is 0 Å². The third-order valence-corrected chi connectivity index (χ3v) is 6.14. The first kappa shape index (κ1) is 22.1. The summed E-state index contributed by atoms with van der Waals surface area (Å²) in [6.07, 6.45) is -0.877. The van der Waals surface area contributed by atoms with E-state index in [1.807, 2.05) is 23.1 Å². The molecule has 168 valence electrons. The molecule has 32 heavy (non-hydrogen) atoms. The van der Waals surface area contributed by atoms with Crippen molar-refractivity contribution >= 4 is 17.4 Å². The molecule has 0 aromatic heterocycles. The molecular formula is C25H25F3N2O2. The third-order valence-electron chi connectivity index (χ3n) is 6.14. The molecular weight excluding hydrogens is 417 g/mol. The highest BCUT2D eigenvalue weighted by atomic mass is 19.4. The van der Waals surface area contributed by atoms with E-state index < -0.39 is 11.7 Å². The van der Waals surface area contributed by atoms with Crippen LogP contribution in [0.1, 0.15) is 36.0 Å². The van der Waals surface area contributed by atoms with E-state index in [1.165, 1.54) is 16.5 Å². The van der Waals surface area contributed by atoms with Crippen molar-refractivity contribution in [3.63, 3.8) is 0 Å². The summed E-state index contributed by atoms with van der Waals surface area (Å²) in [5.41, 5.74) is 2.06. The van der Waals surface area contributed by atoms with Crippen molar-refractivity contribution in [1.29, 1.82) is 0 Å². The molecule has 2 aliphatic heterocycles. The van der Waals surface area contributed by atoms with Crippen LogP contribution < -0.4 is 0 Å². The van der Waals surface area contributed by atoms with Crippen LogP contribution in [0.15, 0.2) is 60.7 Å². The normalized spacial score (nSPS) is 19.7. The molecule has 2 aromatic carbocycles. The average molecular weight is 442 g/mol. The summed E-state index contributed by atoms with van der Waals surface area (Å²) in [5, 5.41) is 0. The van der Waals surface area contributed by atoms with Gasteiger partial charge in [0, 0.05) is 32.6 Å². The maximum absolute atomic E-state index is 13.1. The van der Waals surface area contributed by atoms with Crippen molar-refractivity contribution in [2.24, 2.45) is 5.92 Å². The molecule has 0 aliphatic carbocycles. The standard InChI is InChI=1S/C25H25F3N2O2/c26-25(27,28)22-8-4-5-18(15-22)16-30-17-21(9-10-23(30)31)24(32)29-13-11-20(12-14-29)19-6-2-1-3-7-19/h1-8,11,15,21H,9-10,12-14,16-17H2. The molecule has 2 amide bonds. The monoisotopic (exact) mass is 442 g/mol. The van der Waals surface area contributed by atoms with Crippen LogP contribution in [0, 0.1) is 5.92 Å².